The van der Waals surface area contributed by atoms with E-state index < -0.39 is 5.54 Å². The van der Waals surface area contributed by atoms with Crippen molar-refractivity contribution < 1.29 is 0 Å². The van der Waals surface area contributed by atoms with E-state index in [9.17, 15) is 0 Å². The molecule has 0 radical (unpaired) electrons. The lowest BCUT2D eigenvalue weighted by Crippen LogP contribution is -2.35. The number of allylic oxidation sites excluding steroid dienone is 2. The first-order valence-electron chi connectivity index (χ1n) is 17.9. The number of nitrogens with two attached hydrogens (primary N) is 1. The molecule has 2 aromatic heterocycles. The molecule has 4 nitrogen and oxygen atoms in total. The van der Waals surface area contributed by atoms with Crippen molar-refractivity contribution in [1.82, 2.24) is 9.13 Å². The summed E-state index contributed by atoms with van der Waals surface area (Å²) in [6.07, 6.45) is 7.35. The van der Waals surface area contributed by atoms with Crippen molar-refractivity contribution in [3.63, 3.8) is 0 Å². The molecular weight excluding hydrogens is 633 g/mol. The summed E-state index contributed by atoms with van der Waals surface area (Å²) in [5.41, 5.74) is 19.2. The second-order valence-corrected chi connectivity index (χ2v) is 13.8. The predicted octanol–water partition coefficient (Wildman–Crippen LogP) is 11.8. The molecule has 1 atom stereocenters. The Kier molecular flexibility index (Phi) is 6.98. The number of rotatable bonds is 6. The highest BCUT2D eigenvalue weighted by atomic mass is 15.0. The molecule has 0 bridgehead atoms. The fourth-order valence-electron chi connectivity index (χ4n) is 8.02. The summed E-state index contributed by atoms with van der Waals surface area (Å²) >= 11 is 0. The highest BCUT2D eigenvalue weighted by Crippen LogP contribution is 2.39. The van der Waals surface area contributed by atoms with Crippen molar-refractivity contribution in [2.24, 2.45) is 5.73 Å². The monoisotopic (exact) mass is 668 g/mol. The van der Waals surface area contributed by atoms with Gasteiger partial charge in [0.2, 0.25) is 0 Å². The van der Waals surface area contributed by atoms with Crippen LogP contribution >= 0.6 is 0 Å². The molecule has 3 N–H and O–H groups in total. The van der Waals surface area contributed by atoms with Gasteiger partial charge in [0.05, 0.1) is 27.6 Å². The van der Waals surface area contributed by atoms with Crippen LogP contribution in [-0.2, 0) is 5.54 Å². The Morgan fingerprint density at radius 3 is 1.60 bits per heavy atom. The van der Waals surface area contributed by atoms with Gasteiger partial charge in [-0.25, -0.2) is 0 Å². The number of para-hydroxylation sites is 4. The van der Waals surface area contributed by atoms with E-state index in [1.165, 1.54) is 54.7 Å². The molecule has 1 aliphatic rings. The smallest absolute Gasteiger partial charge is 0.0634 e. The van der Waals surface area contributed by atoms with Crippen LogP contribution in [0.25, 0.3) is 60.6 Å². The van der Waals surface area contributed by atoms with Gasteiger partial charge < -0.3 is 20.2 Å². The first kappa shape index (κ1) is 30.2. The fourth-order valence-corrected chi connectivity index (χ4v) is 8.02. The van der Waals surface area contributed by atoms with E-state index >= 15 is 0 Å². The first-order valence-corrected chi connectivity index (χ1v) is 17.9. The molecule has 0 fully saturated rings. The molecule has 9 aromatic rings. The SMILES string of the molecule is NC1(c2ccc3c(c2)c2ccccc2n3-c2ccccc2)C=CC(c2ccc(Nc3ccc4c(c3)c3ccccc3n4-c3ccccc3)cc2)=CC1. The minimum absolute atomic E-state index is 0.586. The highest BCUT2D eigenvalue weighted by molar-refractivity contribution is 6.11. The van der Waals surface area contributed by atoms with Crippen molar-refractivity contribution in [3.05, 3.63) is 199 Å². The Balaban J connectivity index is 0.904. The maximum atomic E-state index is 7.14. The average molecular weight is 669 g/mol. The van der Waals surface area contributed by atoms with E-state index in [1.54, 1.807) is 0 Å². The lowest BCUT2D eigenvalue weighted by Gasteiger charge is -2.29. The van der Waals surface area contributed by atoms with Gasteiger partial charge >= 0.3 is 0 Å². The molecule has 1 aliphatic carbocycles. The van der Waals surface area contributed by atoms with Gasteiger partial charge in [-0.05, 0) is 102 Å². The van der Waals surface area contributed by atoms with Gasteiger partial charge in [0.1, 0.15) is 0 Å². The maximum absolute atomic E-state index is 7.14. The average Bonchev–Trinajstić information content (AvgIpc) is 3.71. The molecule has 1 unspecified atom stereocenters. The van der Waals surface area contributed by atoms with Crippen LogP contribution in [0.1, 0.15) is 17.5 Å². The van der Waals surface area contributed by atoms with E-state index in [2.05, 4.69) is 203 Å². The number of anilines is 2. The van der Waals surface area contributed by atoms with Crippen LogP contribution in [0.5, 0.6) is 0 Å². The van der Waals surface area contributed by atoms with Crippen molar-refractivity contribution in [1.29, 1.82) is 0 Å². The molecule has 0 spiro atoms. The molecule has 10 rings (SSSR count). The highest BCUT2D eigenvalue weighted by Gasteiger charge is 2.27. The Hall–Kier alpha value is -6.62. The molecule has 0 saturated carbocycles. The van der Waals surface area contributed by atoms with Crippen LogP contribution in [0.4, 0.5) is 11.4 Å². The van der Waals surface area contributed by atoms with Gasteiger partial charge in [0, 0.05) is 44.3 Å². The summed E-state index contributed by atoms with van der Waals surface area (Å²) < 4.78 is 4.68. The van der Waals surface area contributed by atoms with E-state index in [1.807, 2.05) is 0 Å². The van der Waals surface area contributed by atoms with Gasteiger partial charge in [0.15, 0.2) is 0 Å². The summed E-state index contributed by atoms with van der Waals surface area (Å²) in [4.78, 5) is 0. The quantitative estimate of drug-likeness (QED) is 0.185. The van der Waals surface area contributed by atoms with Gasteiger partial charge in [-0.1, -0.05) is 109 Å². The third kappa shape index (κ3) is 4.96. The number of hydrogen-bond donors (Lipinski definition) is 2. The molecule has 7 aromatic carbocycles. The predicted molar refractivity (Wildman–Crippen MR) is 219 cm³/mol. The molecule has 0 amide bonds. The largest absolute Gasteiger partial charge is 0.356 e. The third-order valence-corrected chi connectivity index (χ3v) is 10.6. The topological polar surface area (TPSA) is 47.9 Å². The second-order valence-electron chi connectivity index (χ2n) is 13.8. The summed E-state index contributed by atoms with van der Waals surface area (Å²) in [6.45, 7) is 0. The minimum atomic E-state index is -0.586. The minimum Gasteiger partial charge on any atom is -0.356 e. The molecule has 4 heteroatoms. The standard InChI is InChI=1S/C48H36N4/c49-48(35-21-25-46-42(31-35)40-15-7-9-17-44(40)51(46)38-11-3-1-4-12-38)29-27-34(28-30-48)33-19-22-36(23-20-33)50-37-24-26-47-43(32-37)41-16-8-10-18-45(41)52(47)39-13-5-2-6-14-39/h1-29,31-32,50H,30,49H2. The number of hydrogen-bond acceptors (Lipinski definition) is 2. The normalized spacial score (nSPS) is 15.8. The zero-order chi connectivity index (χ0) is 34.6. The van der Waals surface area contributed by atoms with Crippen LogP contribution in [0.3, 0.4) is 0 Å². The zero-order valence-electron chi connectivity index (χ0n) is 28.6. The molecule has 0 saturated heterocycles. The number of aromatic nitrogens is 2. The number of nitrogens with zero attached hydrogens (tertiary/aromatic N) is 2. The number of benzene rings is 7. The van der Waals surface area contributed by atoms with Crippen LogP contribution in [0.2, 0.25) is 0 Å². The van der Waals surface area contributed by atoms with E-state index in [-0.39, 0.29) is 0 Å². The summed E-state index contributed by atoms with van der Waals surface area (Å²) in [7, 11) is 0. The molecule has 0 aliphatic heterocycles. The Labute approximate surface area is 302 Å². The lowest BCUT2D eigenvalue weighted by molar-refractivity contribution is 0.568. The zero-order valence-corrected chi connectivity index (χ0v) is 28.6. The Morgan fingerprint density at radius 2 is 1.00 bits per heavy atom. The molecule has 2 heterocycles. The number of nitrogens with one attached hydrogen (secondary N) is 1. The first-order chi connectivity index (χ1) is 25.6. The Morgan fingerprint density at radius 1 is 0.481 bits per heavy atom. The fraction of sp³-hybridized carbons (Fsp3) is 0.0417. The van der Waals surface area contributed by atoms with Crippen molar-refractivity contribution >= 4 is 60.6 Å². The summed E-state index contributed by atoms with van der Waals surface area (Å²) in [6, 6.07) is 60.4. The molecular formula is C48H36N4. The van der Waals surface area contributed by atoms with Gasteiger partial charge in [0.25, 0.3) is 0 Å². The number of fused-ring (bicyclic) bond motifs is 6. The van der Waals surface area contributed by atoms with E-state index in [0.29, 0.717) is 0 Å². The lowest BCUT2D eigenvalue weighted by atomic mass is 9.81. The summed E-state index contributed by atoms with van der Waals surface area (Å²) in [5, 5.41) is 8.56. The molecule has 52 heavy (non-hydrogen) atoms. The Bertz CT molecular complexity index is 2840. The van der Waals surface area contributed by atoms with Gasteiger partial charge in [-0.3, -0.25) is 0 Å². The van der Waals surface area contributed by atoms with Crippen LogP contribution in [-0.4, -0.2) is 9.13 Å². The van der Waals surface area contributed by atoms with Gasteiger partial charge in [-0.15, -0.1) is 0 Å². The van der Waals surface area contributed by atoms with Crippen molar-refractivity contribution in [3.8, 4) is 11.4 Å². The van der Waals surface area contributed by atoms with Crippen molar-refractivity contribution in [2.45, 2.75) is 12.0 Å². The maximum Gasteiger partial charge on any atom is 0.0634 e. The third-order valence-electron chi connectivity index (χ3n) is 10.6. The van der Waals surface area contributed by atoms with Crippen LogP contribution < -0.4 is 11.1 Å². The van der Waals surface area contributed by atoms with Crippen LogP contribution in [0, 0.1) is 0 Å². The van der Waals surface area contributed by atoms with E-state index in [4.69, 9.17) is 5.73 Å². The van der Waals surface area contributed by atoms with Crippen molar-refractivity contribution in [2.75, 3.05) is 5.32 Å². The van der Waals surface area contributed by atoms with Crippen LogP contribution in [0.15, 0.2) is 188 Å². The second kappa shape index (κ2) is 12.0. The van der Waals surface area contributed by atoms with Gasteiger partial charge in [-0.2, -0.15) is 0 Å². The summed E-state index contributed by atoms with van der Waals surface area (Å²) in [5.74, 6) is 0. The molecule has 248 valence electrons. The van der Waals surface area contributed by atoms with E-state index in [0.717, 1.165) is 34.7 Å².